The molecule has 0 radical (unpaired) electrons. The fourth-order valence-corrected chi connectivity index (χ4v) is 3.17. The number of carbonyl (C=O) groups is 1. The lowest BCUT2D eigenvalue weighted by Gasteiger charge is -1.99. The Labute approximate surface area is 183 Å². The third-order valence-corrected chi connectivity index (χ3v) is 5.07. The summed E-state index contributed by atoms with van der Waals surface area (Å²) in [7, 11) is 0. The third kappa shape index (κ3) is 35.0. The number of primary amides is 1. The number of hydrogen-bond acceptors (Lipinski definition) is 2. The van der Waals surface area contributed by atoms with Gasteiger partial charge in [-0.05, 0) is 58.0 Å². The molecule has 29 heavy (non-hydrogen) atoms. The number of allylic oxidation sites excluding steroid dienone is 2. The minimum absolute atomic E-state index is 0.164. The molecular formula is C26H54N2O. The Kier molecular flexibility index (Phi) is 30.8. The molecule has 0 bridgehead atoms. The maximum atomic E-state index is 10.5. The first-order valence-corrected chi connectivity index (χ1v) is 12.8. The molecule has 0 heterocycles. The third-order valence-electron chi connectivity index (χ3n) is 5.07. The van der Waals surface area contributed by atoms with Gasteiger partial charge in [0.15, 0.2) is 0 Å². The van der Waals surface area contributed by atoms with E-state index in [0.29, 0.717) is 6.42 Å². The Morgan fingerprint density at radius 3 is 1.62 bits per heavy atom. The molecule has 0 saturated heterocycles. The summed E-state index contributed by atoms with van der Waals surface area (Å²) < 4.78 is 0. The second-order valence-corrected chi connectivity index (χ2v) is 8.26. The van der Waals surface area contributed by atoms with E-state index in [1.807, 2.05) is 0 Å². The molecule has 174 valence electrons. The molecule has 1 amide bonds. The zero-order chi connectivity index (χ0) is 21.8. The molecule has 3 N–H and O–H groups in total. The lowest BCUT2D eigenvalue weighted by molar-refractivity contribution is -0.118. The van der Waals surface area contributed by atoms with E-state index in [-0.39, 0.29) is 5.91 Å². The van der Waals surface area contributed by atoms with Crippen LogP contribution in [0.4, 0.5) is 0 Å². The molecular weight excluding hydrogens is 356 g/mol. The van der Waals surface area contributed by atoms with Gasteiger partial charge in [-0.3, -0.25) is 4.79 Å². The number of amides is 1. The van der Waals surface area contributed by atoms with Crippen molar-refractivity contribution in [3.63, 3.8) is 0 Å². The zero-order valence-corrected chi connectivity index (χ0v) is 20.3. The number of nitrogens with one attached hydrogen (secondary N) is 1. The van der Waals surface area contributed by atoms with E-state index >= 15 is 0 Å². The summed E-state index contributed by atoms with van der Waals surface area (Å²) in [5, 5.41) is 3.37. The van der Waals surface area contributed by atoms with Gasteiger partial charge in [0.1, 0.15) is 0 Å². The predicted molar refractivity (Wildman–Crippen MR) is 131 cm³/mol. The SMILES string of the molecule is CCCCCCCC/C=C\CCCCCCCC(N)=O.CCCCCNCCC. The first-order valence-electron chi connectivity index (χ1n) is 12.8. The Morgan fingerprint density at radius 2 is 1.10 bits per heavy atom. The molecule has 3 nitrogen and oxygen atoms in total. The zero-order valence-electron chi connectivity index (χ0n) is 20.3. The molecule has 0 aliphatic carbocycles. The lowest BCUT2D eigenvalue weighted by Crippen LogP contribution is -2.15. The highest BCUT2D eigenvalue weighted by atomic mass is 16.1. The fraction of sp³-hybridized carbons (Fsp3) is 0.885. The largest absolute Gasteiger partial charge is 0.370 e. The van der Waals surface area contributed by atoms with E-state index in [2.05, 4.69) is 38.2 Å². The maximum Gasteiger partial charge on any atom is 0.217 e. The van der Waals surface area contributed by atoms with Gasteiger partial charge in [-0.15, -0.1) is 0 Å². The van der Waals surface area contributed by atoms with Gasteiger partial charge in [0.05, 0.1) is 0 Å². The molecule has 0 aromatic rings. The quantitative estimate of drug-likeness (QED) is 0.150. The van der Waals surface area contributed by atoms with Gasteiger partial charge < -0.3 is 11.1 Å². The van der Waals surface area contributed by atoms with Crippen molar-refractivity contribution in [2.45, 2.75) is 136 Å². The van der Waals surface area contributed by atoms with Gasteiger partial charge in [-0.1, -0.05) is 97.1 Å². The molecule has 0 aromatic heterocycles. The number of carbonyl (C=O) groups excluding carboxylic acids is 1. The van der Waals surface area contributed by atoms with E-state index in [1.165, 1.54) is 109 Å². The van der Waals surface area contributed by atoms with Gasteiger partial charge in [0.2, 0.25) is 5.91 Å². The molecule has 0 rings (SSSR count). The van der Waals surface area contributed by atoms with E-state index < -0.39 is 0 Å². The lowest BCUT2D eigenvalue weighted by atomic mass is 10.1. The van der Waals surface area contributed by atoms with Crippen LogP contribution in [0.15, 0.2) is 12.2 Å². The minimum Gasteiger partial charge on any atom is -0.370 e. The average molecular weight is 411 g/mol. The van der Waals surface area contributed by atoms with Gasteiger partial charge in [0.25, 0.3) is 0 Å². The molecule has 0 unspecified atom stereocenters. The first kappa shape index (κ1) is 30.4. The van der Waals surface area contributed by atoms with E-state index in [1.54, 1.807) is 0 Å². The van der Waals surface area contributed by atoms with E-state index in [4.69, 9.17) is 5.73 Å². The fourth-order valence-electron chi connectivity index (χ4n) is 3.17. The van der Waals surface area contributed by atoms with Crippen LogP contribution in [-0.2, 0) is 4.79 Å². The summed E-state index contributed by atoms with van der Waals surface area (Å²) in [6, 6.07) is 0. The monoisotopic (exact) mass is 410 g/mol. The van der Waals surface area contributed by atoms with Crippen LogP contribution in [0, 0.1) is 0 Å². The molecule has 0 fully saturated rings. The van der Waals surface area contributed by atoms with Crippen LogP contribution in [0.3, 0.4) is 0 Å². The standard InChI is InChI=1S/C18H35NO.C8H19N/c1-2-3-4-5-6-7-8-9-10-11-12-13-14-15-16-17-18(19)20;1-3-5-6-8-9-7-4-2/h9-10H,2-8,11-17H2,1H3,(H2,19,20);9H,3-8H2,1-2H3/b10-9-;. The molecule has 0 aromatic carbocycles. The van der Waals surface area contributed by atoms with Crippen molar-refractivity contribution in [2.75, 3.05) is 13.1 Å². The molecule has 0 spiro atoms. The summed E-state index contributed by atoms with van der Waals surface area (Å²) in [4.78, 5) is 10.5. The van der Waals surface area contributed by atoms with E-state index in [0.717, 1.165) is 12.8 Å². The van der Waals surface area contributed by atoms with Crippen LogP contribution in [0.5, 0.6) is 0 Å². The van der Waals surface area contributed by atoms with Gasteiger partial charge in [-0.2, -0.15) is 0 Å². The van der Waals surface area contributed by atoms with Crippen LogP contribution in [0.25, 0.3) is 0 Å². The summed E-state index contributed by atoms with van der Waals surface area (Å²) in [5.74, 6) is -0.164. The van der Waals surface area contributed by atoms with Crippen molar-refractivity contribution >= 4 is 5.91 Å². The van der Waals surface area contributed by atoms with Crippen molar-refractivity contribution in [1.29, 1.82) is 0 Å². The summed E-state index contributed by atoms with van der Waals surface area (Å²) in [5.41, 5.74) is 5.10. The van der Waals surface area contributed by atoms with Gasteiger partial charge in [0, 0.05) is 6.42 Å². The number of rotatable bonds is 21. The van der Waals surface area contributed by atoms with Crippen LogP contribution in [0.1, 0.15) is 136 Å². The highest BCUT2D eigenvalue weighted by Gasteiger charge is 1.94. The normalized spacial score (nSPS) is 10.9. The van der Waals surface area contributed by atoms with Gasteiger partial charge in [-0.25, -0.2) is 0 Å². The summed E-state index contributed by atoms with van der Waals surface area (Å²) >= 11 is 0. The van der Waals surface area contributed by atoms with Crippen LogP contribution >= 0.6 is 0 Å². The van der Waals surface area contributed by atoms with Crippen LogP contribution < -0.4 is 11.1 Å². The molecule has 0 atom stereocenters. The van der Waals surface area contributed by atoms with E-state index in [9.17, 15) is 4.79 Å². The minimum atomic E-state index is -0.164. The highest BCUT2D eigenvalue weighted by molar-refractivity contribution is 5.73. The van der Waals surface area contributed by atoms with Crippen molar-refractivity contribution in [2.24, 2.45) is 5.73 Å². The maximum absolute atomic E-state index is 10.5. The highest BCUT2D eigenvalue weighted by Crippen LogP contribution is 2.09. The predicted octanol–water partition coefficient (Wildman–Crippen LogP) is 7.69. The van der Waals surface area contributed by atoms with Crippen molar-refractivity contribution in [3.05, 3.63) is 12.2 Å². The molecule has 0 aliphatic rings. The Morgan fingerprint density at radius 1 is 0.621 bits per heavy atom. The van der Waals surface area contributed by atoms with Crippen LogP contribution in [0.2, 0.25) is 0 Å². The van der Waals surface area contributed by atoms with Crippen molar-refractivity contribution < 1.29 is 4.79 Å². The number of nitrogens with two attached hydrogens (primary N) is 1. The smallest absolute Gasteiger partial charge is 0.217 e. The number of unbranched alkanes of at least 4 members (excludes halogenated alkanes) is 13. The van der Waals surface area contributed by atoms with Gasteiger partial charge >= 0.3 is 0 Å². The van der Waals surface area contributed by atoms with Crippen molar-refractivity contribution in [1.82, 2.24) is 5.32 Å². The second-order valence-electron chi connectivity index (χ2n) is 8.26. The van der Waals surface area contributed by atoms with Crippen molar-refractivity contribution in [3.8, 4) is 0 Å². The second kappa shape index (κ2) is 29.4. The molecule has 0 saturated carbocycles. The number of hydrogen-bond donors (Lipinski definition) is 2. The summed E-state index contributed by atoms with van der Waals surface area (Å²) in [6.45, 7) is 9.10. The Bertz CT molecular complexity index is 323. The van der Waals surface area contributed by atoms with Crippen LogP contribution in [-0.4, -0.2) is 19.0 Å². The average Bonchev–Trinajstić information content (AvgIpc) is 2.71. The summed E-state index contributed by atoms with van der Waals surface area (Å²) in [6.07, 6.45) is 27.2. The molecule has 0 aliphatic heterocycles. The molecule has 3 heteroatoms. The first-order chi connectivity index (χ1) is 14.2. The Balaban J connectivity index is 0. The Hall–Kier alpha value is -0.830. The topological polar surface area (TPSA) is 55.1 Å².